The molecule has 2 aliphatic rings. The number of benzene rings is 1. The van der Waals surface area contributed by atoms with Crippen molar-refractivity contribution in [1.29, 1.82) is 0 Å². The predicted molar refractivity (Wildman–Crippen MR) is 87.2 cm³/mol. The van der Waals surface area contributed by atoms with Crippen LogP contribution in [0.1, 0.15) is 18.4 Å². The van der Waals surface area contributed by atoms with Crippen LogP contribution in [-0.2, 0) is 6.54 Å². The second-order valence-corrected chi connectivity index (χ2v) is 6.95. The van der Waals surface area contributed by atoms with Crippen molar-refractivity contribution in [3.8, 4) is 0 Å². The fourth-order valence-electron chi connectivity index (χ4n) is 3.24. The Hall–Kier alpha value is -1.07. The van der Waals surface area contributed by atoms with Crippen molar-refractivity contribution in [3.63, 3.8) is 0 Å². The number of urea groups is 1. The zero-order chi connectivity index (χ0) is 14.8. The van der Waals surface area contributed by atoms with Gasteiger partial charge in [-0.2, -0.15) is 0 Å². The molecule has 2 fully saturated rings. The van der Waals surface area contributed by atoms with E-state index >= 15 is 0 Å². The Morgan fingerprint density at radius 2 is 1.76 bits per heavy atom. The van der Waals surface area contributed by atoms with Crippen molar-refractivity contribution < 1.29 is 4.79 Å². The average molecular weight is 352 g/mol. The van der Waals surface area contributed by atoms with Gasteiger partial charge in [0.05, 0.1) is 0 Å². The van der Waals surface area contributed by atoms with Gasteiger partial charge in [-0.15, -0.1) is 0 Å². The third kappa shape index (κ3) is 3.40. The van der Waals surface area contributed by atoms with Crippen LogP contribution in [0.25, 0.3) is 0 Å². The minimum Gasteiger partial charge on any atom is -0.326 e. The molecule has 0 N–H and O–H groups in total. The van der Waals surface area contributed by atoms with E-state index in [4.69, 9.17) is 0 Å². The van der Waals surface area contributed by atoms with Crippen molar-refractivity contribution in [2.75, 3.05) is 33.2 Å². The molecular formula is C16H22BrN3O. The van der Waals surface area contributed by atoms with Crippen LogP contribution >= 0.6 is 15.9 Å². The van der Waals surface area contributed by atoms with Crippen molar-refractivity contribution >= 4 is 22.0 Å². The Kier molecular flexibility index (Phi) is 4.50. The van der Waals surface area contributed by atoms with Gasteiger partial charge in [0.25, 0.3) is 0 Å². The summed E-state index contributed by atoms with van der Waals surface area (Å²) in [6.45, 7) is 4.93. The molecule has 2 heterocycles. The molecule has 0 spiro atoms. The topological polar surface area (TPSA) is 26.8 Å². The maximum Gasteiger partial charge on any atom is 0.320 e. The summed E-state index contributed by atoms with van der Waals surface area (Å²) < 4.78 is 1.13. The lowest BCUT2D eigenvalue weighted by atomic mass is 10.0. The van der Waals surface area contributed by atoms with E-state index in [1.54, 1.807) is 0 Å². The van der Waals surface area contributed by atoms with Gasteiger partial charge in [0.2, 0.25) is 0 Å². The summed E-state index contributed by atoms with van der Waals surface area (Å²) in [5.41, 5.74) is 1.36. The van der Waals surface area contributed by atoms with E-state index in [0.717, 1.165) is 50.0 Å². The second-order valence-electron chi connectivity index (χ2n) is 6.03. The highest BCUT2D eigenvalue weighted by Crippen LogP contribution is 2.22. The minimum atomic E-state index is 0.210. The number of nitrogens with zero attached hydrogens (tertiary/aromatic N) is 3. The number of amides is 2. The molecule has 1 aromatic carbocycles. The van der Waals surface area contributed by atoms with E-state index in [1.807, 2.05) is 11.9 Å². The number of hydrogen-bond donors (Lipinski definition) is 0. The first-order chi connectivity index (χ1) is 10.1. The summed E-state index contributed by atoms with van der Waals surface area (Å²) in [6.07, 6.45) is 2.19. The van der Waals surface area contributed by atoms with Crippen LogP contribution in [-0.4, -0.2) is 60.0 Å². The number of halogens is 1. The molecule has 114 valence electrons. The fraction of sp³-hybridized carbons (Fsp3) is 0.562. The Balaban J connectivity index is 1.51. The monoisotopic (exact) mass is 351 g/mol. The maximum atomic E-state index is 12.0. The van der Waals surface area contributed by atoms with Gasteiger partial charge < -0.3 is 9.80 Å². The summed E-state index contributed by atoms with van der Waals surface area (Å²) >= 11 is 3.47. The molecule has 0 aliphatic carbocycles. The van der Waals surface area contributed by atoms with Crippen molar-refractivity contribution in [2.24, 2.45) is 0 Å². The highest BCUT2D eigenvalue weighted by molar-refractivity contribution is 9.10. The van der Waals surface area contributed by atoms with Gasteiger partial charge in [-0.1, -0.05) is 28.1 Å². The Labute approximate surface area is 134 Å². The minimum absolute atomic E-state index is 0.210. The third-order valence-electron chi connectivity index (χ3n) is 4.57. The quantitative estimate of drug-likeness (QED) is 0.837. The van der Waals surface area contributed by atoms with Crippen LogP contribution in [0.2, 0.25) is 0 Å². The first kappa shape index (κ1) is 14.9. The molecule has 3 rings (SSSR count). The smallest absolute Gasteiger partial charge is 0.320 e. The molecule has 2 saturated heterocycles. The molecule has 4 nitrogen and oxygen atoms in total. The van der Waals surface area contributed by atoms with Crippen molar-refractivity contribution in [2.45, 2.75) is 25.4 Å². The van der Waals surface area contributed by atoms with Gasteiger partial charge in [0.1, 0.15) is 0 Å². The maximum absolute atomic E-state index is 12.0. The number of piperidine rings is 1. The number of hydrogen-bond acceptors (Lipinski definition) is 2. The van der Waals surface area contributed by atoms with E-state index in [1.165, 1.54) is 5.56 Å². The summed E-state index contributed by atoms with van der Waals surface area (Å²) in [5, 5.41) is 0. The predicted octanol–water partition coefficient (Wildman–Crippen LogP) is 2.78. The molecule has 0 aromatic heterocycles. The number of carbonyl (C=O) groups is 1. The Morgan fingerprint density at radius 1 is 1.10 bits per heavy atom. The zero-order valence-electron chi connectivity index (χ0n) is 12.5. The SMILES string of the molecule is CN1CCN(C2CCN(Cc3ccc(Br)cc3)CC2)C1=O. The zero-order valence-corrected chi connectivity index (χ0v) is 14.1. The lowest BCUT2D eigenvalue weighted by Gasteiger charge is -2.36. The molecule has 0 bridgehead atoms. The first-order valence-corrected chi connectivity index (χ1v) is 8.41. The number of likely N-dealkylation sites (N-methyl/N-ethyl adjacent to an activating group) is 1. The fourth-order valence-corrected chi connectivity index (χ4v) is 3.51. The molecule has 0 radical (unpaired) electrons. The molecule has 2 aliphatic heterocycles. The lowest BCUT2D eigenvalue weighted by Crippen LogP contribution is -2.46. The van der Waals surface area contributed by atoms with E-state index < -0.39 is 0 Å². The highest BCUT2D eigenvalue weighted by atomic mass is 79.9. The molecule has 0 unspecified atom stereocenters. The van der Waals surface area contributed by atoms with Crippen LogP contribution in [0.3, 0.4) is 0 Å². The van der Waals surface area contributed by atoms with Gasteiger partial charge in [0, 0.05) is 50.3 Å². The van der Waals surface area contributed by atoms with Crippen LogP contribution in [0, 0.1) is 0 Å². The van der Waals surface area contributed by atoms with Gasteiger partial charge in [-0.3, -0.25) is 4.90 Å². The lowest BCUT2D eigenvalue weighted by molar-refractivity contribution is 0.128. The summed E-state index contributed by atoms with van der Waals surface area (Å²) in [5.74, 6) is 0. The van der Waals surface area contributed by atoms with Crippen LogP contribution in [0.5, 0.6) is 0 Å². The molecular weight excluding hydrogens is 330 g/mol. The Morgan fingerprint density at radius 3 is 2.33 bits per heavy atom. The molecule has 2 amide bonds. The average Bonchev–Trinajstić information content (AvgIpc) is 2.83. The normalized spacial score (nSPS) is 21.3. The summed E-state index contributed by atoms with van der Waals surface area (Å²) in [6, 6.07) is 9.19. The molecule has 0 saturated carbocycles. The standard InChI is InChI=1S/C16H22BrN3O/c1-18-10-11-20(16(18)21)15-6-8-19(9-7-15)12-13-2-4-14(17)5-3-13/h2-5,15H,6-12H2,1H3. The summed E-state index contributed by atoms with van der Waals surface area (Å²) in [7, 11) is 1.89. The van der Waals surface area contributed by atoms with Gasteiger partial charge in [-0.25, -0.2) is 4.79 Å². The molecule has 5 heteroatoms. The van der Waals surface area contributed by atoms with Crippen molar-refractivity contribution in [3.05, 3.63) is 34.3 Å². The van der Waals surface area contributed by atoms with E-state index in [2.05, 4.69) is 50.0 Å². The first-order valence-electron chi connectivity index (χ1n) is 7.62. The van der Waals surface area contributed by atoms with E-state index in [9.17, 15) is 4.79 Å². The Bertz CT molecular complexity index is 497. The van der Waals surface area contributed by atoms with Crippen LogP contribution < -0.4 is 0 Å². The van der Waals surface area contributed by atoms with E-state index in [-0.39, 0.29) is 6.03 Å². The molecule has 1 aromatic rings. The van der Waals surface area contributed by atoms with Crippen molar-refractivity contribution in [1.82, 2.24) is 14.7 Å². The molecule has 21 heavy (non-hydrogen) atoms. The van der Waals surface area contributed by atoms with Gasteiger partial charge >= 0.3 is 6.03 Å². The number of carbonyl (C=O) groups excluding carboxylic acids is 1. The van der Waals surface area contributed by atoms with Gasteiger partial charge in [-0.05, 0) is 30.5 Å². The number of likely N-dealkylation sites (tertiary alicyclic amines) is 1. The summed E-state index contributed by atoms with van der Waals surface area (Å²) in [4.78, 5) is 18.4. The highest BCUT2D eigenvalue weighted by Gasteiger charge is 2.33. The van der Waals surface area contributed by atoms with Gasteiger partial charge in [0.15, 0.2) is 0 Å². The number of rotatable bonds is 3. The van der Waals surface area contributed by atoms with E-state index in [0.29, 0.717) is 6.04 Å². The van der Waals surface area contributed by atoms with Crippen LogP contribution in [0.15, 0.2) is 28.7 Å². The van der Waals surface area contributed by atoms with Crippen LogP contribution in [0.4, 0.5) is 4.79 Å². The largest absolute Gasteiger partial charge is 0.326 e. The molecule has 0 atom stereocenters. The third-order valence-corrected chi connectivity index (χ3v) is 5.09. The second kappa shape index (κ2) is 6.36.